The van der Waals surface area contributed by atoms with Gasteiger partial charge in [-0.05, 0) is 67.9 Å². The van der Waals surface area contributed by atoms with E-state index in [2.05, 4.69) is 11.5 Å². The Morgan fingerprint density at radius 2 is 1.49 bits per heavy atom. The molecule has 11 heteroatoms. The molecule has 0 aliphatic carbocycles. The van der Waals surface area contributed by atoms with Crippen molar-refractivity contribution < 1.29 is 33.4 Å². The molecule has 1 saturated heterocycles. The van der Waals surface area contributed by atoms with Crippen molar-refractivity contribution in [3.8, 4) is 0 Å². The van der Waals surface area contributed by atoms with Crippen molar-refractivity contribution in [2.75, 3.05) is 33.9 Å². The first kappa shape index (κ1) is 37.5. The highest BCUT2D eigenvalue weighted by molar-refractivity contribution is 5.83. The molecule has 1 aliphatic heterocycles. The van der Waals surface area contributed by atoms with Crippen LogP contribution in [-0.2, 0) is 33.4 Å². The largest absolute Gasteiger partial charge is 0.467 e. The van der Waals surface area contributed by atoms with Gasteiger partial charge in [-0.1, -0.05) is 0 Å². The summed E-state index contributed by atoms with van der Waals surface area (Å²) in [5.74, 6) is -0.441. The summed E-state index contributed by atoms with van der Waals surface area (Å²) in [5.41, 5.74) is 13.2. The van der Waals surface area contributed by atoms with E-state index in [1.54, 1.807) is 4.90 Å². The summed E-state index contributed by atoms with van der Waals surface area (Å²) in [6.07, 6.45) is 3.42. The Kier molecular flexibility index (Phi) is 20.5. The van der Waals surface area contributed by atoms with Crippen molar-refractivity contribution in [2.24, 2.45) is 17.2 Å². The molecule has 1 aliphatic rings. The number of ether oxygens (including phenoxy) is 3. The van der Waals surface area contributed by atoms with E-state index >= 15 is 0 Å². The number of carbonyl (C=O) groups excluding carboxylic acids is 4. The Morgan fingerprint density at radius 3 is 1.86 bits per heavy atom. The van der Waals surface area contributed by atoms with Crippen LogP contribution in [0, 0.1) is 0 Å². The van der Waals surface area contributed by atoms with Crippen LogP contribution >= 0.6 is 0 Å². The van der Waals surface area contributed by atoms with Gasteiger partial charge in [-0.15, -0.1) is 0 Å². The van der Waals surface area contributed by atoms with Gasteiger partial charge in [0.15, 0.2) is 5.60 Å². The van der Waals surface area contributed by atoms with Gasteiger partial charge in [0.2, 0.25) is 12.3 Å². The molecule has 2 amide bonds. The maximum atomic E-state index is 12.7. The molecule has 0 bridgehead atoms. The van der Waals surface area contributed by atoms with Crippen LogP contribution in [0.4, 0.5) is 0 Å². The van der Waals surface area contributed by atoms with Crippen molar-refractivity contribution in [2.45, 2.75) is 96.5 Å². The van der Waals surface area contributed by atoms with E-state index in [1.165, 1.54) is 14.2 Å². The quantitative estimate of drug-likeness (QED) is 0.247. The van der Waals surface area contributed by atoms with E-state index in [0.717, 1.165) is 12.8 Å². The first-order chi connectivity index (χ1) is 16.2. The number of nitrogens with two attached hydrogens (primary N) is 3. The van der Waals surface area contributed by atoms with Gasteiger partial charge in [0, 0.05) is 32.5 Å². The number of amides is 2. The lowest BCUT2D eigenvalue weighted by Crippen LogP contribution is -2.57. The van der Waals surface area contributed by atoms with Crippen LogP contribution in [0.1, 0.15) is 73.6 Å². The molecule has 1 heterocycles. The molecule has 0 aromatic rings. The van der Waals surface area contributed by atoms with Gasteiger partial charge in [-0.2, -0.15) is 0 Å². The van der Waals surface area contributed by atoms with E-state index in [-0.39, 0.29) is 23.9 Å². The third-order valence-electron chi connectivity index (χ3n) is 4.70. The summed E-state index contributed by atoms with van der Waals surface area (Å²) in [4.78, 5) is 43.4. The second-order valence-electron chi connectivity index (χ2n) is 9.72. The van der Waals surface area contributed by atoms with Crippen LogP contribution in [0.15, 0.2) is 0 Å². The summed E-state index contributed by atoms with van der Waals surface area (Å²) >= 11 is 0. The molecule has 1 atom stereocenters. The molecule has 6 N–H and O–H groups in total. The number of unbranched alkanes of at least 4 members (excludes halogenated alkanes) is 1. The number of hydrogen-bond donors (Lipinski definition) is 3. The van der Waals surface area contributed by atoms with E-state index in [4.69, 9.17) is 29.5 Å². The Hall–Kier alpha value is -2.08. The van der Waals surface area contributed by atoms with Crippen LogP contribution in [0.5, 0.6) is 0 Å². The normalized spacial score (nSPS) is 15.5. The predicted molar refractivity (Wildman–Crippen MR) is 136 cm³/mol. The number of carbonyl (C=O) groups is 4. The summed E-state index contributed by atoms with van der Waals surface area (Å²) in [5, 5.41) is 0. The van der Waals surface area contributed by atoms with Gasteiger partial charge in [0.05, 0.1) is 24.4 Å². The van der Waals surface area contributed by atoms with Crippen molar-refractivity contribution in [1.82, 2.24) is 4.90 Å². The number of rotatable bonds is 8. The Morgan fingerprint density at radius 1 is 1.03 bits per heavy atom. The van der Waals surface area contributed by atoms with Crippen molar-refractivity contribution in [1.29, 1.82) is 0 Å². The second-order valence-corrected chi connectivity index (χ2v) is 9.72. The van der Waals surface area contributed by atoms with E-state index in [1.807, 2.05) is 48.3 Å². The molecule has 208 valence electrons. The maximum Gasteiger partial charge on any atom is 0.338 e. The lowest BCUT2D eigenvalue weighted by Gasteiger charge is -2.43. The van der Waals surface area contributed by atoms with Crippen molar-refractivity contribution in [3.63, 3.8) is 0 Å². The Bertz CT molecular complexity index is 581. The summed E-state index contributed by atoms with van der Waals surface area (Å²) in [6.45, 7) is 15.3. The fraction of sp³-hybridized carbons (Fsp3) is 0.833. The average Bonchev–Trinajstić information content (AvgIpc) is 2.79. The second kappa shape index (κ2) is 19.1. The lowest BCUT2D eigenvalue weighted by molar-refractivity contribution is -0.198. The molecule has 0 aromatic heterocycles. The van der Waals surface area contributed by atoms with Gasteiger partial charge >= 0.3 is 5.97 Å². The molecule has 1 rings (SSSR count). The topological polar surface area (TPSA) is 177 Å². The van der Waals surface area contributed by atoms with Crippen LogP contribution in [0.25, 0.3) is 0 Å². The van der Waals surface area contributed by atoms with Gasteiger partial charge in [-0.25, -0.2) is 4.79 Å². The highest BCUT2D eigenvalue weighted by Crippen LogP contribution is 2.32. The van der Waals surface area contributed by atoms with Crippen molar-refractivity contribution in [3.05, 3.63) is 0 Å². The molecule has 35 heavy (non-hydrogen) atoms. The summed E-state index contributed by atoms with van der Waals surface area (Å²) in [6, 6.07) is -0.524. The number of likely N-dealkylation sites (tertiary alicyclic amines) is 1. The van der Waals surface area contributed by atoms with Crippen LogP contribution < -0.4 is 17.2 Å². The third-order valence-corrected chi connectivity index (χ3v) is 4.70. The predicted octanol–water partition coefficient (Wildman–Crippen LogP) is 1.14. The maximum absolute atomic E-state index is 12.7. The van der Waals surface area contributed by atoms with Crippen LogP contribution in [0.2, 0.25) is 0 Å². The van der Waals surface area contributed by atoms with Crippen molar-refractivity contribution >= 4 is 25.1 Å². The first-order valence-electron chi connectivity index (χ1n) is 11.7. The minimum absolute atomic E-state index is 0.0639. The number of esters is 1. The smallest absolute Gasteiger partial charge is 0.338 e. The Balaban J connectivity index is -0.00000132. The molecule has 0 spiro atoms. The molecule has 1 fully saturated rings. The SMILES string of the molecule is C=O.CN.COC(=O)C1(OC(C)(C)C)CCN(C(=O)C(N)CCCCOC(C)(C)C)CC1.NC=O. The molecule has 0 saturated carbocycles. The minimum atomic E-state index is -1.00. The first-order valence-corrected chi connectivity index (χ1v) is 11.7. The zero-order valence-electron chi connectivity index (χ0n) is 23.1. The lowest BCUT2D eigenvalue weighted by atomic mass is 9.89. The molecular weight excluding hydrogens is 456 g/mol. The van der Waals surface area contributed by atoms with Gasteiger partial charge in [0.25, 0.3) is 0 Å². The summed E-state index contributed by atoms with van der Waals surface area (Å²) in [7, 11) is 2.87. The monoisotopic (exact) mass is 506 g/mol. The van der Waals surface area contributed by atoms with Gasteiger partial charge < -0.3 is 41.1 Å². The fourth-order valence-corrected chi connectivity index (χ4v) is 3.41. The van der Waals surface area contributed by atoms with E-state index in [0.29, 0.717) is 39.0 Å². The zero-order valence-corrected chi connectivity index (χ0v) is 23.1. The van der Waals surface area contributed by atoms with E-state index < -0.39 is 17.2 Å². The number of hydrogen-bond acceptors (Lipinski definition) is 9. The fourth-order valence-electron chi connectivity index (χ4n) is 3.41. The molecule has 0 radical (unpaired) electrons. The molecule has 1 unspecified atom stereocenters. The minimum Gasteiger partial charge on any atom is -0.467 e. The highest BCUT2D eigenvalue weighted by atomic mass is 16.6. The average molecular weight is 507 g/mol. The number of primary amides is 1. The third kappa shape index (κ3) is 17.1. The van der Waals surface area contributed by atoms with E-state index in [9.17, 15) is 9.59 Å². The Labute approximate surface area is 211 Å². The zero-order chi connectivity index (χ0) is 28.3. The standard InChI is InChI=1S/C21H40N2O5.CH3NO.CH5N.CH2O/c1-19(2,3)27-15-9-8-10-16(22)17(24)23-13-11-21(12-14-23,18(25)26-7)28-20(4,5)6;2-1-3;2*1-2/h16H,8-15,22H2,1-7H3;1H,(H2,2,3);2H2,1H3;1H2. The van der Waals surface area contributed by atoms with Gasteiger partial charge in [0.1, 0.15) is 6.79 Å². The number of piperidine rings is 1. The summed E-state index contributed by atoms with van der Waals surface area (Å²) < 4.78 is 16.7. The van der Waals surface area contributed by atoms with Crippen LogP contribution in [0.3, 0.4) is 0 Å². The molecular formula is C24H50N4O7. The van der Waals surface area contributed by atoms with Gasteiger partial charge in [-0.3, -0.25) is 9.59 Å². The highest BCUT2D eigenvalue weighted by Gasteiger charge is 2.47. The molecule has 11 nitrogen and oxygen atoms in total. The molecule has 0 aromatic carbocycles. The number of nitrogens with zero attached hydrogens (tertiary/aromatic N) is 1. The van der Waals surface area contributed by atoms with Crippen LogP contribution in [-0.4, -0.2) is 86.7 Å². The number of methoxy groups -OCH3 is 1.